The second kappa shape index (κ2) is 10.1. The molecule has 0 spiro atoms. The zero-order valence-corrected chi connectivity index (χ0v) is 17.0. The zero-order chi connectivity index (χ0) is 21.5. The van der Waals surface area contributed by atoms with Crippen LogP contribution in [0.1, 0.15) is 20.3 Å². The maximum Gasteiger partial charge on any atom is 0.315 e. The Morgan fingerprint density at radius 3 is 2.20 bits per heavy atom. The fraction of sp³-hybridized carbons (Fsp3) is 0.364. The van der Waals surface area contributed by atoms with Crippen LogP contribution in [-0.2, 0) is 23.9 Å². The normalized spacial score (nSPS) is 20.6. The molecule has 1 heterocycles. The van der Waals surface area contributed by atoms with E-state index in [1.807, 2.05) is 24.3 Å². The van der Waals surface area contributed by atoms with Crippen LogP contribution in [-0.4, -0.2) is 42.6 Å². The standard InChI is InChI=1S/C22H26N2O6/c1-3-28-19(25)15-18-20(22(26)29-4-2)21(23(27)16-11-7-5-8-12-16)30-24(18)17-13-9-6-10-14-17/h5-14,18,20-21,27H,3-4,15H2,1-2H3. The molecule has 0 radical (unpaired) electrons. The summed E-state index contributed by atoms with van der Waals surface area (Å²) in [6, 6.07) is 17.1. The Bertz CT molecular complexity index is 832. The van der Waals surface area contributed by atoms with Crippen LogP contribution in [0.5, 0.6) is 0 Å². The number of ether oxygens (including phenoxy) is 2. The number of rotatable bonds is 8. The smallest absolute Gasteiger partial charge is 0.315 e. The number of benzene rings is 2. The topological polar surface area (TPSA) is 88.5 Å². The molecule has 3 rings (SSSR count). The molecule has 8 heteroatoms. The number of nitrogens with zero attached hydrogens (tertiary/aromatic N) is 2. The van der Waals surface area contributed by atoms with Crippen molar-refractivity contribution in [2.75, 3.05) is 23.3 Å². The highest BCUT2D eigenvalue weighted by molar-refractivity contribution is 5.79. The first-order chi connectivity index (χ1) is 14.6. The highest BCUT2D eigenvalue weighted by Gasteiger charge is 2.52. The van der Waals surface area contributed by atoms with E-state index in [2.05, 4.69) is 0 Å². The second-order valence-electron chi connectivity index (χ2n) is 6.69. The van der Waals surface area contributed by atoms with Gasteiger partial charge < -0.3 is 9.47 Å². The molecule has 1 aliphatic rings. The first kappa shape index (κ1) is 21.6. The molecule has 160 valence electrons. The molecule has 2 aromatic rings. The van der Waals surface area contributed by atoms with E-state index in [0.29, 0.717) is 11.4 Å². The number of esters is 2. The largest absolute Gasteiger partial charge is 0.466 e. The van der Waals surface area contributed by atoms with Crippen molar-refractivity contribution in [1.82, 2.24) is 0 Å². The minimum atomic E-state index is -1.09. The van der Waals surface area contributed by atoms with Crippen molar-refractivity contribution in [1.29, 1.82) is 0 Å². The van der Waals surface area contributed by atoms with Gasteiger partial charge in [-0.2, -0.15) is 0 Å². The van der Waals surface area contributed by atoms with Crippen LogP contribution >= 0.6 is 0 Å². The van der Waals surface area contributed by atoms with Gasteiger partial charge in [-0.25, -0.2) is 15.0 Å². The van der Waals surface area contributed by atoms with Crippen molar-refractivity contribution < 1.29 is 29.1 Å². The molecule has 1 saturated heterocycles. The third-order valence-corrected chi connectivity index (χ3v) is 4.76. The summed E-state index contributed by atoms with van der Waals surface area (Å²) >= 11 is 0. The molecule has 0 aliphatic carbocycles. The average Bonchev–Trinajstić information content (AvgIpc) is 3.14. The van der Waals surface area contributed by atoms with Crippen LogP contribution in [0.2, 0.25) is 0 Å². The van der Waals surface area contributed by atoms with Gasteiger partial charge in [0, 0.05) is 0 Å². The van der Waals surface area contributed by atoms with Crippen LogP contribution in [0.4, 0.5) is 11.4 Å². The molecule has 0 aromatic heterocycles. The lowest BCUT2D eigenvalue weighted by Crippen LogP contribution is -2.44. The van der Waals surface area contributed by atoms with Gasteiger partial charge in [-0.3, -0.25) is 14.8 Å². The lowest BCUT2D eigenvalue weighted by atomic mass is 9.95. The summed E-state index contributed by atoms with van der Waals surface area (Å²) in [7, 11) is 0. The number of carbonyl (C=O) groups is 2. The van der Waals surface area contributed by atoms with E-state index in [-0.39, 0.29) is 19.6 Å². The minimum absolute atomic E-state index is 0.106. The van der Waals surface area contributed by atoms with Crippen molar-refractivity contribution >= 4 is 23.3 Å². The molecule has 0 saturated carbocycles. The Labute approximate surface area is 175 Å². The summed E-state index contributed by atoms with van der Waals surface area (Å²) < 4.78 is 10.4. The fourth-order valence-corrected chi connectivity index (χ4v) is 3.46. The van der Waals surface area contributed by atoms with E-state index in [9.17, 15) is 14.8 Å². The monoisotopic (exact) mass is 414 g/mol. The summed E-state index contributed by atoms with van der Waals surface area (Å²) in [6.45, 7) is 3.80. The quantitative estimate of drug-likeness (QED) is 0.521. The van der Waals surface area contributed by atoms with Crippen LogP contribution in [0.3, 0.4) is 0 Å². The Morgan fingerprint density at radius 2 is 1.60 bits per heavy atom. The molecule has 1 aliphatic heterocycles. The van der Waals surface area contributed by atoms with Crippen LogP contribution in [0.15, 0.2) is 60.7 Å². The maximum atomic E-state index is 12.9. The molecule has 0 amide bonds. The molecule has 1 N–H and O–H groups in total. The summed E-state index contributed by atoms with van der Waals surface area (Å²) in [6.07, 6.45) is -1.20. The summed E-state index contributed by atoms with van der Waals surface area (Å²) in [4.78, 5) is 31.3. The molecular weight excluding hydrogens is 388 g/mol. The number of para-hydroxylation sites is 2. The van der Waals surface area contributed by atoms with Gasteiger partial charge in [0.1, 0.15) is 5.92 Å². The number of hydroxylamine groups is 2. The summed E-state index contributed by atoms with van der Waals surface area (Å²) in [5, 5.41) is 13.3. The van der Waals surface area contributed by atoms with Crippen molar-refractivity contribution in [2.24, 2.45) is 5.92 Å². The maximum absolute atomic E-state index is 12.9. The fourth-order valence-electron chi connectivity index (χ4n) is 3.46. The first-order valence-electron chi connectivity index (χ1n) is 9.93. The number of anilines is 2. The van der Waals surface area contributed by atoms with E-state index in [0.717, 1.165) is 5.06 Å². The van der Waals surface area contributed by atoms with Gasteiger partial charge in [0.15, 0.2) is 6.23 Å². The van der Waals surface area contributed by atoms with E-state index in [4.69, 9.17) is 14.3 Å². The summed E-state index contributed by atoms with van der Waals surface area (Å²) in [5.41, 5.74) is 1.09. The Kier molecular flexibility index (Phi) is 7.26. The highest BCUT2D eigenvalue weighted by atomic mass is 16.7. The van der Waals surface area contributed by atoms with Crippen LogP contribution in [0, 0.1) is 5.92 Å². The number of hydrogen-bond donors (Lipinski definition) is 1. The van der Waals surface area contributed by atoms with Crippen molar-refractivity contribution in [3.05, 3.63) is 60.7 Å². The molecule has 30 heavy (non-hydrogen) atoms. The minimum Gasteiger partial charge on any atom is -0.466 e. The Balaban J connectivity index is 2.00. The SMILES string of the molecule is CCOC(=O)CC1C(C(=O)OCC)C(N(O)c2ccccc2)ON1c1ccccc1. The molecule has 2 aromatic carbocycles. The van der Waals surface area contributed by atoms with E-state index < -0.39 is 30.1 Å². The van der Waals surface area contributed by atoms with Crippen molar-refractivity contribution in [3.8, 4) is 0 Å². The van der Waals surface area contributed by atoms with Crippen LogP contribution < -0.4 is 10.1 Å². The molecule has 3 atom stereocenters. The van der Waals surface area contributed by atoms with E-state index in [1.54, 1.807) is 50.2 Å². The van der Waals surface area contributed by atoms with Gasteiger partial charge >= 0.3 is 11.9 Å². The number of hydrogen-bond acceptors (Lipinski definition) is 8. The molecule has 1 fully saturated rings. The molecule has 8 nitrogen and oxygen atoms in total. The number of carbonyl (C=O) groups excluding carboxylic acids is 2. The van der Waals surface area contributed by atoms with Crippen molar-refractivity contribution in [3.63, 3.8) is 0 Å². The predicted octanol–water partition coefficient (Wildman–Crippen LogP) is 3.16. The molecular formula is C22H26N2O6. The van der Waals surface area contributed by atoms with Gasteiger partial charge in [0.25, 0.3) is 0 Å². The highest BCUT2D eigenvalue weighted by Crippen LogP contribution is 2.37. The lowest BCUT2D eigenvalue weighted by Gasteiger charge is -2.26. The average molecular weight is 414 g/mol. The van der Waals surface area contributed by atoms with Gasteiger partial charge in [0.05, 0.1) is 37.1 Å². The van der Waals surface area contributed by atoms with Crippen LogP contribution in [0.25, 0.3) is 0 Å². The Hall–Kier alpha value is -3.10. The van der Waals surface area contributed by atoms with Crippen molar-refractivity contribution in [2.45, 2.75) is 32.5 Å². The Morgan fingerprint density at radius 1 is 1.00 bits per heavy atom. The van der Waals surface area contributed by atoms with Gasteiger partial charge in [-0.1, -0.05) is 36.4 Å². The van der Waals surface area contributed by atoms with Gasteiger partial charge in [0.2, 0.25) is 0 Å². The lowest BCUT2D eigenvalue weighted by molar-refractivity contribution is -0.152. The van der Waals surface area contributed by atoms with E-state index >= 15 is 0 Å². The van der Waals surface area contributed by atoms with Gasteiger partial charge in [-0.05, 0) is 38.1 Å². The van der Waals surface area contributed by atoms with Gasteiger partial charge in [-0.15, -0.1) is 0 Å². The zero-order valence-electron chi connectivity index (χ0n) is 17.0. The summed E-state index contributed by atoms with van der Waals surface area (Å²) in [5.74, 6) is -1.99. The molecule has 3 unspecified atom stereocenters. The van der Waals surface area contributed by atoms with E-state index in [1.165, 1.54) is 5.06 Å². The predicted molar refractivity (Wildman–Crippen MR) is 110 cm³/mol. The third-order valence-electron chi connectivity index (χ3n) is 4.76. The second-order valence-corrected chi connectivity index (χ2v) is 6.69. The third kappa shape index (κ3) is 4.72. The molecule has 0 bridgehead atoms. The first-order valence-corrected chi connectivity index (χ1v) is 9.93.